The summed E-state index contributed by atoms with van der Waals surface area (Å²) in [6.07, 6.45) is 0. The highest BCUT2D eigenvalue weighted by Crippen LogP contribution is 2.19. The molecular formula is C14H22ClN3O2. The first-order valence-corrected chi connectivity index (χ1v) is 6.26. The first-order valence-electron chi connectivity index (χ1n) is 6.26. The fourth-order valence-electron chi connectivity index (χ4n) is 1.67. The number of hydrogen-bond donors (Lipinski definition) is 3. The van der Waals surface area contributed by atoms with E-state index in [-0.39, 0.29) is 30.1 Å². The number of nitrogens with two attached hydrogens (primary N) is 1. The van der Waals surface area contributed by atoms with Crippen molar-refractivity contribution in [2.45, 2.75) is 26.8 Å². The minimum atomic E-state index is -0.567. The quantitative estimate of drug-likeness (QED) is 0.791. The third-order valence-corrected chi connectivity index (χ3v) is 3.08. The van der Waals surface area contributed by atoms with Crippen molar-refractivity contribution in [3.05, 3.63) is 29.3 Å². The van der Waals surface area contributed by atoms with Crippen molar-refractivity contribution in [1.82, 2.24) is 5.32 Å². The zero-order valence-electron chi connectivity index (χ0n) is 12.2. The summed E-state index contributed by atoms with van der Waals surface area (Å²) in [4.78, 5) is 23.6. The highest BCUT2D eigenvalue weighted by atomic mass is 35.5. The van der Waals surface area contributed by atoms with Gasteiger partial charge in [-0.3, -0.25) is 9.59 Å². The van der Waals surface area contributed by atoms with Crippen LogP contribution < -0.4 is 16.4 Å². The van der Waals surface area contributed by atoms with E-state index < -0.39 is 6.04 Å². The second-order valence-corrected chi connectivity index (χ2v) is 4.82. The van der Waals surface area contributed by atoms with E-state index in [0.717, 1.165) is 5.56 Å². The Morgan fingerprint density at radius 3 is 2.35 bits per heavy atom. The minimum Gasteiger partial charge on any atom is -0.355 e. The van der Waals surface area contributed by atoms with Crippen LogP contribution in [0.25, 0.3) is 0 Å². The van der Waals surface area contributed by atoms with Crippen molar-refractivity contribution in [1.29, 1.82) is 0 Å². The van der Waals surface area contributed by atoms with E-state index in [1.54, 1.807) is 32.2 Å². The van der Waals surface area contributed by atoms with Gasteiger partial charge in [-0.2, -0.15) is 0 Å². The molecule has 0 aliphatic heterocycles. The van der Waals surface area contributed by atoms with Gasteiger partial charge in [0.2, 0.25) is 5.91 Å². The lowest BCUT2D eigenvalue weighted by Crippen LogP contribution is -2.40. The largest absolute Gasteiger partial charge is 0.355 e. The third kappa shape index (κ3) is 4.21. The van der Waals surface area contributed by atoms with Gasteiger partial charge in [0.05, 0.1) is 6.04 Å². The number of hydrogen-bond acceptors (Lipinski definition) is 3. The van der Waals surface area contributed by atoms with E-state index in [2.05, 4.69) is 10.6 Å². The number of rotatable bonds is 4. The van der Waals surface area contributed by atoms with Gasteiger partial charge in [-0.1, -0.05) is 19.9 Å². The Bertz CT molecular complexity index is 489. The molecule has 1 aromatic carbocycles. The van der Waals surface area contributed by atoms with Gasteiger partial charge in [-0.25, -0.2) is 0 Å². The Morgan fingerprint density at radius 1 is 1.25 bits per heavy atom. The van der Waals surface area contributed by atoms with Crippen LogP contribution in [0.5, 0.6) is 0 Å². The van der Waals surface area contributed by atoms with Gasteiger partial charge >= 0.3 is 0 Å². The van der Waals surface area contributed by atoms with Gasteiger partial charge in [0.1, 0.15) is 0 Å². The Balaban J connectivity index is 0.00000361. The van der Waals surface area contributed by atoms with Crippen LogP contribution in [0.4, 0.5) is 5.69 Å². The van der Waals surface area contributed by atoms with Crippen LogP contribution >= 0.6 is 12.4 Å². The summed E-state index contributed by atoms with van der Waals surface area (Å²) in [5.41, 5.74) is 7.67. The second-order valence-electron chi connectivity index (χ2n) is 4.82. The predicted octanol–water partition coefficient (Wildman–Crippen LogP) is 1.70. The molecule has 0 saturated heterocycles. The van der Waals surface area contributed by atoms with E-state index in [4.69, 9.17) is 5.73 Å². The van der Waals surface area contributed by atoms with Crippen LogP contribution in [-0.2, 0) is 4.79 Å². The van der Waals surface area contributed by atoms with Crippen molar-refractivity contribution >= 4 is 29.9 Å². The van der Waals surface area contributed by atoms with Crippen LogP contribution in [-0.4, -0.2) is 24.9 Å². The molecule has 0 unspecified atom stereocenters. The molecular weight excluding hydrogens is 278 g/mol. The van der Waals surface area contributed by atoms with Crippen LogP contribution in [0.15, 0.2) is 18.2 Å². The van der Waals surface area contributed by atoms with Gasteiger partial charge in [0.25, 0.3) is 5.91 Å². The molecule has 4 N–H and O–H groups in total. The van der Waals surface area contributed by atoms with Gasteiger partial charge < -0.3 is 16.4 Å². The van der Waals surface area contributed by atoms with Crippen LogP contribution in [0.2, 0.25) is 0 Å². The molecule has 0 spiro atoms. The van der Waals surface area contributed by atoms with Crippen molar-refractivity contribution in [2.24, 2.45) is 11.7 Å². The molecule has 6 heteroatoms. The zero-order chi connectivity index (χ0) is 14.6. The fourth-order valence-corrected chi connectivity index (χ4v) is 1.67. The summed E-state index contributed by atoms with van der Waals surface area (Å²) in [7, 11) is 1.57. The molecule has 0 fully saturated rings. The molecule has 1 rings (SSSR count). The minimum absolute atomic E-state index is 0. The number of carbonyl (C=O) groups excluding carboxylic acids is 2. The Hall–Kier alpha value is -1.59. The van der Waals surface area contributed by atoms with Gasteiger partial charge in [0.15, 0.2) is 0 Å². The molecule has 20 heavy (non-hydrogen) atoms. The number of benzene rings is 1. The molecule has 2 amide bonds. The first-order chi connectivity index (χ1) is 8.88. The van der Waals surface area contributed by atoms with Crippen molar-refractivity contribution in [3.8, 4) is 0 Å². The predicted molar refractivity (Wildman–Crippen MR) is 83.3 cm³/mol. The van der Waals surface area contributed by atoms with E-state index in [0.29, 0.717) is 11.3 Å². The van der Waals surface area contributed by atoms with E-state index in [9.17, 15) is 9.59 Å². The number of halogens is 1. The monoisotopic (exact) mass is 299 g/mol. The normalized spacial score (nSPS) is 11.5. The maximum atomic E-state index is 11.9. The topological polar surface area (TPSA) is 84.2 Å². The highest BCUT2D eigenvalue weighted by molar-refractivity contribution is 6.00. The van der Waals surface area contributed by atoms with Gasteiger partial charge in [0, 0.05) is 18.3 Å². The molecule has 1 aromatic rings. The van der Waals surface area contributed by atoms with Gasteiger partial charge in [-0.05, 0) is 30.5 Å². The summed E-state index contributed by atoms with van der Waals surface area (Å²) >= 11 is 0. The summed E-state index contributed by atoms with van der Waals surface area (Å²) in [6.45, 7) is 5.57. The third-order valence-electron chi connectivity index (χ3n) is 3.08. The summed E-state index contributed by atoms with van der Waals surface area (Å²) in [6, 6.07) is 4.63. The number of anilines is 1. The molecule has 0 aromatic heterocycles. The number of carbonyl (C=O) groups is 2. The fraction of sp³-hybridized carbons (Fsp3) is 0.429. The first kappa shape index (κ1) is 18.4. The van der Waals surface area contributed by atoms with Crippen LogP contribution in [0.1, 0.15) is 29.8 Å². The van der Waals surface area contributed by atoms with Crippen molar-refractivity contribution in [2.75, 3.05) is 12.4 Å². The molecule has 0 saturated carbocycles. The zero-order valence-corrected chi connectivity index (χ0v) is 13.0. The lowest BCUT2D eigenvalue weighted by atomic mass is 10.0. The summed E-state index contributed by atoms with van der Waals surface area (Å²) in [5, 5.41) is 5.33. The maximum absolute atomic E-state index is 11.9. The van der Waals surface area contributed by atoms with Crippen molar-refractivity contribution < 1.29 is 9.59 Å². The Labute approximate surface area is 125 Å². The van der Waals surface area contributed by atoms with Crippen molar-refractivity contribution in [3.63, 3.8) is 0 Å². The van der Waals surface area contributed by atoms with E-state index >= 15 is 0 Å². The van der Waals surface area contributed by atoms with Crippen LogP contribution in [0.3, 0.4) is 0 Å². The number of nitrogens with one attached hydrogen (secondary N) is 2. The summed E-state index contributed by atoms with van der Waals surface area (Å²) in [5.74, 6) is -0.364. The molecule has 0 aliphatic rings. The smallest absolute Gasteiger partial charge is 0.251 e. The molecule has 0 radical (unpaired) electrons. The van der Waals surface area contributed by atoms with E-state index in [1.807, 2.05) is 13.8 Å². The lowest BCUT2D eigenvalue weighted by Gasteiger charge is -2.17. The Kier molecular flexibility index (Phi) is 7.24. The molecule has 0 heterocycles. The lowest BCUT2D eigenvalue weighted by molar-refractivity contribution is -0.118. The average Bonchev–Trinajstić information content (AvgIpc) is 2.39. The highest BCUT2D eigenvalue weighted by Gasteiger charge is 2.19. The maximum Gasteiger partial charge on any atom is 0.251 e. The SMILES string of the molecule is CNC(=O)c1cccc(NC(=O)[C@@H](N)C(C)C)c1C.Cl. The molecule has 1 atom stereocenters. The molecule has 0 aliphatic carbocycles. The van der Waals surface area contributed by atoms with Crippen LogP contribution in [0, 0.1) is 12.8 Å². The van der Waals surface area contributed by atoms with Gasteiger partial charge in [-0.15, -0.1) is 12.4 Å². The summed E-state index contributed by atoms with van der Waals surface area (Å²) < 4.78 is 0. The van der Waals surface area contributed by atoms with E-state index in [1.165, 1.54) is 0 Å². The average molecular weight is 300 g/mol. The molecule has 5 nitrogen and oxygen atoms in total. The number of amides is 2. The Morgan fingerprint density at radius 2 is 1.85 bits per heavy atom. The molecule has 0 bridgehead atoms. The second kappa shape index (κ2) is 7.87. The standard InChI is InChI=1S/C14H21N3O2.ClH/c1-8(2)12(15)14(19)17-11-7-5-6-10(9(11)3)13(18)16-4;/h5-8,12H,15H2,1-4H3,(H,16,18)(H,17,19);1H/t12-;/m0./s1. The molecule has 112 valence electrons.